The van der Waals surface area contributed by atoms with Crippen molar-refractivity contribution in [2.45, 2.75) is 91.8 Å². The van der Waals surface area contributed by atoms with E-state index in [1.165, 1.54) is 10.6 Å². The van der Waals surface area contributed by atoms with E-state index in [-0.39, 0.29) is 41.4 Å². The molecule has 336 valence electrons. The Hall–Kier alpha value is -7.36. The molecular weight excluding hydrogens is 831 g/mol. The largest absolute Gasteiger partial charge is 0.508 e. The SMILES string of the molecule is CCCc1cc2n(c(=O)c1COC(=O)O)Cc1c-2nc2ccc(OC(=O)N3CCC(CCn4ccc5cc(-n6c(O)nnc6-c6cc(C(C)C)c(O)cc6O)ccc54)CC3)cc2c1CC. The van der Waals surface area contributed by atoms with Gasteiger partial charge in [-0.3, -0.25) is 4.79 Å². The highest BCUT2D eigenvalue weighted by Crippen LogP contribution is 2.40. The van der Waals surface area contributed by atoms with Gasteiger partial charge in [-0.15, -0.1) is 5.10 Å². The number of carbonyl (C=O) groups excluding carboxylic acids is 1. The van der Waals surface area contributed by atoms with E-state index in [1.54, 1.807) is 21.6 Å². The third-order valence-corrected chi connectivity index (χ3v) is 13.0. The first-order chi connectivity index (χ1) is 31.3. The van der Waals surface area contributed by atoms with Gasteiger partial charge >= 0.3 is 18.3 Å². The average Bonchev–Trinajstić information content (AvgIpc) is 3.99. The zero-order chi connectivity index (χ0) is 45.7. The van der Waals surface area contributed by atoms with E-state index in [9.17, 15) is 29.7 Å². The van der Waals surface area contributed by atoms with Crippen LogP contribution in [-0.2, 0) is 37.3 Å². The average molecular weight is 882 g/mol. The first kappa shape index (κ1) is 42.9. The minimum absolute atomic E-state index is 0.0123. The van der Waals surface area contributed by atoms with Crippen molar-refractivity contribution in [2.75, 3.05) is 13.1 Å². The van der Waals surface area contributed by atoms with E-state index in [1.807, 2.05) is 76.4 Å². The number of aromatic hydroxyl groups is 3. The summed E-state index contributed by atoms with van der Waals surface area (Å²) in [6.45, 7) is 9.86. The molecule has 0 spiro atoms. The van der Waals surface area contributed by atoms with Crippen LogP contribution in [0.25, 0.3) is 50.3 Å². The van der Waals surface area contributed by atoms with E-state index in [4.69, 9.17) is 19.6 Å². The molecule has 0 bridgehead atoms. The standard InChI is InChI=1S/C49H51N7O9/c1-5-7-29-21-41-44-37(25-55(41)46(59)38(29)26-64-49(62)63)33(6-2)35-22-32(9-10-39(35)50-44)65-48(61)54-17-13-28(14-18-54)12-16-53-19-15-30-20-31(8-11-40(30)53)56-45(51-52-47(56)60)36-23-34(27(3)4)42(57)24-43(36)58/h8-11,15,19-24,27-28,57-58H,5-7,12-14,16-18,25-26H2,1-4H3,(H,52,60)(H,62,63). The topological polar surface area (TPSA) is 207 Å². The number of nitrogens with zero attached hydrogens (tertiary/aromatic N) is 7. The van der Waals surface area contributed by atoms with Gasteiger partial charge in [-0.1, -0.05) is 39.2 Å². The number of aryl methyl sites for hydroxylation is 3. The van der Waals surface area contributed by atoms with Crippen LogP contribution in [0.2, 0.25) is 0 Å². The Bertz CT molecular complexity index is 3070. The molecule has 9 rings (SSSR count). The Morgan fingerprint density at radius 3 is 2.46 bits per heavy atom. The summed E-state index contributed by atoms with van der Waals surface area (Å²) in [5, 5.41) is 50.9. The maximum absolute atomic E-state index is 13.7. The van der Waals surface area contributed by atoms with Gasteiger partial charge < -0.3 is 43.9 Å². The third-order valence-electron chi connectivity index (χ3n) is 13.0. The fourth-order valence-electron chi connectivity index (χ4n) is 9.57. The van der Waals surface area contributed by atoms with Crippen LogP contribution >= 0.6 is 0 Å². The number of phenols is 2. The summed E-state index contributed by atoms with van der Waals surface area (Å²) in [5.41, 5.74) is 7.55. The molecule has 16 nitrogen and oxygen atoms in total. The highest BCUT2D eigenvalue weighted by molar-refractivity contribution is 5.90. The van der Waals surface area contributed by atoms with Gasteiger partial charge in [0.05, 0.1) is 40.3 Å². The minimum Gasteiger partial charge on any atom is -0.508 e. The number of ether oxygens (including phenoxy) is 2. The van der Waals surface area contributed by atoms with Crippen molar-refractivity contribution in [2.24, 2.45) is 5.92 Å². The first-order valence-corrected chi connectivity index (χ1v) is 22.2. The van der Waals surface area contributed by atoms with Crippen LogP contribution in [0.5, 0.6) is 23.3 Å². The molecule has 1 saturated heterocycles. The second-order valence-electron chi connectivity index (χ2n) is 17.3. The summed E-state index contributed by atoms with van der Waals surface area (Å²) in [6, 6.07) is 17.9. The lowest BCUT2D eigenvalue weighted by atomic mass is 9.94. The number of amides is 1. The lowest BCUT2D eigenvalue weighted by molar-refractivity contribution is 0.0847. The number of likely N-dealkylation sites (tertiary alicyclic amines) is 1. The quantitative estimate of drug-likeness (QED) is 0.0849. The maximum atomic E-state index is 13.7. The van der Waals surface area contributed by atoms with Crippen LogP contribution in [0.4, 0.5) is 9.59 Å². The highest BCUT2D eigenvalue weighted by atomic mass is 16.7. The second kappa shape index (κ2) is 17.3. The predicted molar refractivity (Wildman–Crippen MR) is 243 cm³/mol. The van der Waals surface area contributed by atoms with Crippen LogP contribution in [0.15, 0.2) is 71.7 Å². The summed E-state index contributed by atoms with van der Waals surface area (Å²) in [4.78, 5) is 45.2. The van der Waals surface area contributed by atoms with E-state index < -0.39 is 12.2 Å². The fourth-order valence-corrected chi connectivity index (χ4v) is 9.57. The van der Waals surface area contributed by atoms with Gasteiger partial charge in [0.1, 0.15) is 23.9 Å². The summed E-state index contributed by atoms with van der Waals surface area (Å²) in [5.74, 6) is 0.880. The van der Waals surface area contributed by atoms with Crippen molar-refractivity contribution >= 4 is 34.1 Å². The molecule has 0 saturated carbocycles. The molecule has 3 aromatic carbocycles. The van der Waals surface area contributed by atoms with Crippen LogP contribution < -0.4 is 10.3 Å². The van der Waals surface area contributed by atoms with Crippen LogP contribution in [-0.4, -0.2) is 79.5 Å². The van der Waals surface area contributed by atoms with Crippen molar-refractivity contribution in [3.8, 4) is 51.7 Å². The number of fused-ring (bicyclic) bond motifs is 5. The molecule has 0 atom stereocenters. The molecule has 16 heteroatoms. The molecule has 4 N–H and O–H groups in total. The van der Waals surface area contributed by atoms with Gasteiger partial charge in [-0.2, -0.15) is 0 Å². The molecule has 65 heavy (non-hydrogen) atoms. The molecular formula is C49H51N7O9. The maximum Gasteiger partial charge on any atom is 0.506 e. The number of piperidine rings is 1. The Morgan fingerprint density at radius 1 is 0.923 bits per heavy atom. The molecule has 6 heterocycles. The molecule has 0 aliphatic carbocycles. The van der Waals surface area contributed by atoms with Crippen molar-refractivity contribution in [3.63, 3.8) is 0 Å². The molecule has 0 unspecified atom stereocenters. The van der Waals surface area contributed by atoms with Crippen molar-refractivity contribution in [1.29, 1.82) is 0 Å². The molecule has 4 aromatic heterocycles. The minimum atomic E-state index is -1.43. The third kappa shape index (κ3) is 7.97. The molecule has 0 radical (unpaired) electrons. The lowest BCUT2D eigenvalue weighted by Crippen LogP contribution is -2.40. The van der Waals surface area contributed by atoms with E-state index >= 15 is 0 Å². The molecule has 2 aliphatic heterocycles. The smallest absolute Gasteiger partial charge is 0.506 e. The van der Waals surface area contributed by atoms with Gasteiger partial charge in [0, 0.05) is 53.8 Å². The number of pyridine rings is 2. The molecule has 7 aromatic rings. The highest BCUT2D eigenvalue weighted by Gasteiger charge is 2.29. The Balaban J connectivity index is 0.843. The van der Waals surface area contributed by atoms with Gasteiger partial charge in [-0.05, 0) is 115 Å². The van der Waals surface area contributed by atoms with Gasteiger partial charge in [0.25, 0.3) is 5.56 Å². The van der Waals surface area contributed by atoms with Gasteiger partial charge in [0.2, 0.25) is 0 Å². The molecule has 1 fully saturated rings. The zero-order valence-electron chi connectivity index (χ0n) is 36.7. The Kier molecular flexibility index (Phi) is 11.4. The molecule has 1 amide bonds. The van der Waals surface area contributed by atoms with Crippen LogP contribution in [0.3, 0.4) is 0 Å². The van der Waals surface area contributed by atoms with Gasteiger partial charge in [0.15, 0.2) is 5.82 Å². The summed E-state index contributed by atoms with van der Waals surface area (Å²) < 4.78 is 16.1. The number of benzene rings is 3. The van der Waals surface area contributed by atoms with Crippen LogP contribution in [0, 0.1) is 5.92 Å². The number of rotatable bonds is 12. The van der Waals surface area contributed by atoms with Crippen molar-refractivity contribution < 1.29 is 39.5 Å². The zero-order valence-corrected chi connectivity index (χ0v) is 36.7. The number of aromatic nitrogens is 6. The number of phenolic OH excluding ortho intramolecular Hbond substituents is 2. The second-order valence-corrected chi connectivity index (χ2v) is 17.3. The number of carboxylic acid groups (broad SMARTS) is 1. The van der Waals surface area contributed by atoms with Gasteiger partial charge in [-0.25, -0.2) is 19.1 Å². The van der Waals surface area contributed by atoms with Crippen molar-refractivity contribution in [1.82, 2.24) is 33.8 Å². The van der Waals surface area contributed by atoms with Crippen LogP contribution in [0.1, 0.15) is 87.1 Å². The van der Waals surface area contributed by atoms with E-state index in [0.29, 0.717) is 72.2 Å². The van der Waals surface area contributed by atoms with E-state index in [0.717, 1.165) is 76.4 Å². The monoisotopic (exact) mass is 881 g/mol. The van der Waals surface area contributed by atoms with Crippen molar-refractivity contribution in [3.05, 3.63) is 105 Å². The summed E-state index contributed by atoms with van der Waals surface area (Å²) >= 11 is 0. The fraction of sp³-hybridized carbons (Fsp3) is 0.347. The normalized spacial score (nSPS) is 13.8. The summed E-state index contributed by atoms with van der Waals surface area (Å²) in [7, 11) is 0. The Morgan fingerprint density at radius 2 is 1.72 bits per heavy atom. The number of hydrogen-bond acceptors (Lipinski definition) is 11. The first-order valence-electron chi connectivity index (χ1n) is 22.2. The molecule has 2 aliphatic rings. The van der Waals surface area contributed by atoms with E-state index in [2.05, 4.69) is 14.8 Å². The lowest BCUT2D eigenvalue weighted by Gasteiger charge is -2.31. The predicted octanol–water partition coefficient (Wildman–Crippen LogP) is 8.88. The summed E-state index contributed by atoms with van der Waals surface area (Å²) in [6.07, 6.45) is 4.87. The number of hydrogen-bond donors (Lipinski definition) is 4. The number of carbonyl (C=O) groups is 2. The Labute approximate surface area is 373 Å².